The van der Waals surface area contributed by atoms with E-state index in [1.807, 2.05) is 24.3 Å². The van der Waals surface area contributed by atoms with Crippen molar-refractivity contribution in [2.45, 2.75) is 39.0 Å². The van der Waals surface area contributed by atoms with Crippen LogP contribution in [-0.2, 0) is 19.3 Å². The van der Waals surface area contributed by atoms with Crippen molar-refractivity contribution >= 4 is 11.6 Å². The molecule has 0 unspecified atom stereocenters. The molecule has 1 aliphatic rings. The minimum absolute atomic E-state index is 0.0120. The summed E-state index contributed by atoms with van der Waals surface area (Å²) in [5, 5.41) is 3.02. The van der Waals surface area contributed by atoms with E-state index in [0.29, 0.717) is 0 Å². The molecule has 0 radical (unpaired) electrons. The van der Waals surface area contributed by atoms with Crippen molar-refractivity contribution in [1.29, 1.82) is 0 Å². The fourth-order valence-electron chi connectivity index (χ4n) is 3.02. The first-order valence-electron chi connectivity index (χ1n) is 7.79. The van der Waals surface area contributed by atoms with Gasteiger partial charge in [-0.3, -0.25) is 4.79 Å². The summed E-state index contributed by atoms with van der Waals surface area (Å²) in [6, 6.07) is 14.2. The van der Waals surface area contributed by atoms with Crippen LogP contribution in [0.25, 0.3) is 0 Å². The highest BCUT2D eigenvalue weighted by atomic mass is 16.1. The average molecular weight is 279 g/mol. The van der Waals surface area contributed by atoms with Gasteiger partial charge in [0.25, 0.3) is 5.91 Å². The molecule has 0 bridgehead atoms. The number of carbonyl (C=O) groups excluding carboxylic acids is 1. The molecule has 0 spiro atoms. The van der Waals surface area contributed by atoms with Gasteiger partial charge in [-0.25, -0.2) is 0 Å². The minimum Gasteiger partial charge on any atom is -0.322 e. The number of benzene rings is 2. The normalized spacial score (nSPS) is 13.6. The molecule has 0 fully saturated rings. The molecule has 2 heteroatoms. The molecule has 0 saturated heterocycles. The molecule has 0 aliphatic heterocycles. The lowest BCUT2D eigenvalue weighted by atomic mass is 9.88. The predicted octanol–water partition coefficient (Wildman–Crippen LogP) is 4.38. The van der Waals surface area contributed by atoms with Crippen molar-refractivity contribution in [3.05, 3.63) is 64.7 Å². The third-order valence-electron chi connectivity index (χ3n) is 4.26. The lowest BCUT2D eigenvalue weighted by molar-refractivity contribution is 0.102. The molecule has 2 aromatic rings. The Labute approximate surface area is 126 Å². The van der Waals surface area contributed by atoms with Gasteiger partial charge in [-0.2, -0.15) is 0 Å². The summed E-state index contributed by atoms with van der Waals surface area (Å²) in [4.78, 5) is 12.5. The minimum atomic E-state index is 0.0120. The van der Waals surface area contributed by atoms with Gasteiger partial charge in [0.15, 0.2) is 0 Å². The maximum atomic E-state index is 12.5. The Morgan fingerprint density at radius 3 is 2.57 bits per heavy atom. The van der Waals surface area contributed by atoms with E-state index in [2.05, 4.69) is 30.4 Å². The van der Waals surface area contributed by atoms with E-state index in [4.69, 9.17) is 0 Å². The first kappa shape index (κ1) is 13.9. The Kier molecular flexibility index (Phi) is 4.05. The van der Waals surface area contributed by atoms with Gasteiger partial charge in [-0.15, -0.1) is 0 Å². The zero-order valence-corrected chi connectivity index (χ0v) is 12.5. The number of aryl methyl sites for hydroxylation is 2. The Morgan fingerprint density at radius 2 is 1.81 bits per heavy atom. The van der Waals surface area contributed by atoms with Gasteiger partial charge < -0.3 is 5.32 Å². The molecular weight excluding hydrogens is 258 g/mol. The molecule has 0 heterocycles. The van der Waals surface area contributed by atoms with E-state index in [-0.39, 0.29) is 5.91 Å². The standard InChI is InChI=1S/C19H21NO/c1-2-14-10-12-16(13-11-14)20-19(21)18-9-5-7-15-6-3-4-8-17(15)18/h5,7,9-13H,2-4,6,8H2,1H3,(H,20,21). The van der Waals surface area contributed by atoms with Gasteiger partial charge in [-0.1, -0.05) is 31.2 Å². The summed E-state index contributed by atoms with van der Waals surface area (Å²) < 4.78 is 0. The highest BCUT2D eigenvalue weighted by Gasteiger charge is 2.17. The third-order valence-corrected chi connectivity index (χ3v) is 4.26. The van der Waals surface area contributed by atoms with Crippen molar-refractivity contribution in [3.63, 3.8) is 0 Å². The fourth-order valence-corrected chi connectivity index (χ4v) is 3.02. The summed E-state index contributed by atoms with van der Waals surface area (Å²) in [6.45, 7) is 2.13. The summed E-state index contributed by atoms with van der Waals surface area (Å²) in [6.07, 6.45) is 5.55. The van der Waals surface area contributed by atoms with Gasteiger partial charge in [0.05, 0.1) is 0 Å². The fraction of sp³-hybridized carbons (Fsp3) is 0.316. The zero-order valence-electron chi connectivity index (χ0n) is 12.5. The number of nitrogens with one attached hydrogen (secondary N) is 1. The number of hydrogen-bond donors (Lipinski definition) is 1. The second-order valence-electron chi connectivity index (χ2n) is 5.65. The summed E-state index contributed by atoms with van der Waals surface area (Å²) >= 11 is 0. The number of anilines is 1. The highest BCUT2D eigenvalue weighted by molar-refractivity contribution is 6.05. The van der Waals surface area contributed by atoms with Crippen LogP contribution in [-0.4, -0.2) is 5.91 Å². The van der Waals surface area contributed by atoms with Crippen molar-refractivity contribution in [2.24, 2.45) is 0 Å². The molecule has 108 valence electrons. The van der Waals surface area contributed by atoms with E-state index in [1.54, 1.807) is 0 Å². The second kappa shape index (κ2) is 6.13. The maximum Gasteiger partial charge on any atom is 0.255 e. The highest BCUT2D eigenvalue weighted by Crippen LogP contribution is 2.25. The number of rotatable bonds is 3. The molecule has 3 rings (SSSR count). The van der Waals surface area contributed by atoms with Gasteiger partial charge >= 0.3 is 0 Å². The molecule has 1 N–H and O–H groups in total. The number of carbonyl (C=O) groups is 1. The van der Waals surface area contributed by atoms with E-state index in [9.17, 15) is 4.79 Å². The summed E-state index contributed by atoms with van der Waals surface area (Å²) in [7, 11) is 0. The van der Waals surface area contributed by atoms with E-state index < -0.39 is 0 Å². The molecule has 0 atom stereocenters. The van der Waals surface area contributed by atoms with Crippen LogP contribution in [0.15, 0.2) is 42.5 Å². The third kappa shape index (κ3) is 2.99. The average Bonchev–Trinajstić information content (AvgIpc) is 2.55. The van der Waals surface area contributed by atoms with Gasteiger partial charge in [0.1, 0.15) is 0 Å². The van der Waals surface area contributed by atoms with Crippen LogP contribution in [0.5, 0.6) is 0 Å². The Hall–Kier alpha value is -2.09. The number of hydrogen-bond acceptors (Lipinski definition) is 1. The van der Waals surface area contributed by atoms with Gasteiger partial charge in [0.2, 0.25) is 0 Å². The predicted molar refractivity (Wildman–Crippen MR) is 86.9 cm³/mol. The summed E-state index contributed by atoms with van der Waals surface area (Å²) in [5.74, 6) is 0.0120. The smallest absolute Gasteiger partial charge is 0.255 e. The molecule has 21 heavy (non-hydrogen) atoms. The molecule has 0 saturated carbocycles. The lowest BCUT2D eigenvalue weighted by Gasteiger charge is -2.19. The monoisotopic (exact) mass is 279 g/mol. The van der Waals surface area contributed by atoms with E-state index >= 15 is 0 Å². The van der Waals surface area contributed by atoms with Crippen LogP contribution in [0.4, 0.5) is 5.69 Å². The maximum absolute atomic E-state index is 12.5. The lowest BCUT2D eigenvalue weighted by Crippen LogP contribution is -2.17. The Balaban J connectivity index is 1.82. The topological polar surface area (TPSA) is 29.1 Å². The Bertz CT molecular complexity index is 643. The van der Waals surface area contributed by atoms with Crippen molar-refractivity contribution in [2.75, 3.05) is 5.32 Å². The quantitative estimate of drug-likeness (QED) is 0.887. The van der Waals surface area contributed by atoms with Crippen molar-refractivity contribution in [1.82, 2.24) is 0 Å². The van der Waals surface area contributed by atoms with Crippen LogP contribution in [0.3, 0.4) is 0 Å². The van der Waals surface area contributed by atoms with E-state index in [0.717, 1.165) is 30.5 Å². The van der Waals surface area contributed by atoms with Gasteiger partial charge in [-0.05, 0) is 67.0 Å². The first-order chi connectivity index (χ1) is 10.3. The molecule has 2 nitrogen and oxygen atoms in total. The van der Waals surface area contributed by atoms with Crippen LogP contribution in [0.1, 0.15) is 46.8 Å². The van der Waals surface area contributed by atoms with Crippen molar-refractivity contribution in [3.8, 4) is 0 Å². The first-order valence-corrected chi connectivity index (χ1v) is 7.79. The van der Waals surface area contributed by atoms with E-state index in [1.165, 1.54) is 29.5 Å². The molecule has 2 aromatic carbocycles. The second-order valence-corrected chi connectivity index (χ2v) is 5.65. The van der Waals surface area contributed by atoms with Crippen LogP contribution < -0.4 is 5.32 Å². The molecule has 0 aromatic heterocycles. The van der Waals surface area contributed by atoms with Crippen LogP contribution in [0.2, 0.25) is 0 Å². The summed E-state index contributed by atoms with van der Waals surface area (Å²) in [5.41, 5.74) is 5.57. The van der Waals surface area contributed by atoms with Crippen LogP contribution in [0, 0.1) is 0 Å². The largest absolute Gasteiger partial charge is 0.322 e. The molecule has 1 amide bonds. The number of fused-ring (bicyclic) bond motifs is 1. The van der Waals surface area contributed by atoms with Crippen LogP contribution >= 0.6 is 0 Å². The zero-order chi connectivity index (χ0) is 14.7. The van der Waals surface area contributed by atoms with Crippen molar-refractivity contribution < 1.29 is 4.79 Å². The molecule has 1 aliphatic carbocycles. The Morgan fingerprint density at radius 1 is 1.05 bits per heavy atom. The molecular formula is C19H21NO. The van der Waals surface area contributed by atoms with Gasteiger partial charge in [0, 0.05) is 11.3 Å². The SMILES string of the molecule is CCc1ccc(NC(=O)c2cccc3c2CCCC3)cc1. The number of amides is 1.